The molecule has 12 heavy (non-hydrogen) atoms. The van der Waals surface area contributed by atoms with E-state index in [2.05, 4.69) is 6.58 Å². The second-order valence-electron chi connectivity index (χ2n) is 3.56. The third kappa shape index (κ3) is 2.31. The Labute approximate surface area is 73.3 Å². The monoisotopic (exact) mass is 172 g/mol. The molecule has 0 radical (unpaired) electrons. The summed E-state index contributed by atoms with van der Waals surface area (Å²) in [6.07, 6.45) is 4.54. The highest BCUT2D eigenvalue weighted by Crippen LogP contribution is 2.31. The largest absolute Gasteiger partial charge is 0.393 e. The summed E-state index contributed by atoms with van der Waals surface area (Å²) in [7, 11) is 0. The van der Waals surface area contributed by atoms with Crippen molar-refractivity contribution in [2.45, 2.75) is 38.3 Å². The molecule has 0 bridgehead atoms. The molecule has 1 N–H and O–H groups in total. The average molecular weight is 172 g/mol. The SMILES string of the molecule is C=C(C1CCCCC1)[C@H](F)CO. The summed E-state index contributed by atoms with van der Waals surface area (Å²) in [5.41, 5.74) is 0.609. The third-order valence-corrected chi connectivity index (χ3v) is 2.69. The number of hydrogen-bond donors (Lipinski definition) is 1. The van der Waals surface area contributed by atoms with E-state index >= 15 is 0 Å². The normalized spacial score (nSPS) is 22.2. The van der Waals surface area contributed by atoms with Gasteiger partial charge >= 0.3 is 0 Å². The summed E-state index contributed by atoms with van der Waals surface area (Å²) in [5.74, 6) is 0.320. The molecule has 0 aromatic rings. The van der Waals surface area contributed by atoms with Gasteiger partial charge < -0.3 is 5.11 Å². The van der Waals surface area contributed by atoms with Gasteiger partial charge in [0.15, 0.2) is 0 Å². The van der Waals surface area contributed by atoms with Gasteiger partial charge in [0.2, 0.25) is 0 Å². The lowest BCUT2D eigenvalue weighted by molar-refractivity contribution is 0.187. The number of aliphatic hydroxyl groups excluding tert-OH is 1. The lowest BCUT2D eigenvalue weighted by Gasteiger charge is -2.24. The highest BCUT2D eigenvalue weighted by atomic mass is 19.1. The van der Waals surface area contributed by atoms with Crippen molar-refractivity contribution in [2.24, 2.45) is 5.92 Å². The molecule has 0 unspecified atom stereocenters. The smallest absolute Gasteiger partial charge is 0.144 e. The molecule has 0 aromatic carbocycles. The summed E-state index contributed by atoms with van der Waals surface area (Å²) in [5, 5.41) is 8.60. The first-order chi connectivity index (χ1) is 5.75. The summed E-state index contributed by atoms with van der Waals surface area (Å²) in [6.45, 7) is 3.31. The quantitative estimate of drug-likeness (QED) is 0.648. The molecule has 0 saturated heterocycles. The molecule has 70 valence electrons. The van der Waals surface area contributed by atoms with E-state index in [1.165, 1.54) is 19.3 Å². The molecule has 1 nitrogen and oxygen atoms in total. The van der Waals surface area contributed by atoms with Crippen LogP contribution in [0.1, 0.15) is 32.1 Å². The van der Waals surface area contributed by atoms with Gasteiger partial charge in [0.25, 0.3) is 0 Å². The Hall–Kier alpha value is -0.370. The van der Waals surface area contributed by atoms with Gasteiger partial charge in [0.05, 0.1) is 6.61 Å². The van der Waals surface area contributed by atoms with Crippen molar-refractivity contribution in [3.8, 4) is 0 Å². The lowest BCUT2D eigenvalue weighted by atomic mass is 9.83. The van der Waals surface area contributed by atoms with Crippen LogP contribution in [0.25, 0.3) is 0 Å². The molecule has 0 aromatic heterocycles. The molecule has 1 rings (SSSR count). The summed E-state index contributed by atoms with van der Waals surface area (Å²) < 4.78 is 13.0. The lowest BCUT2D eigenvalue weighted by Crippen LogP contribution is -2.18. The van der Waals surface area contributed by atoms with Crippen LogP contribution in [-0.2, 0) is 0 Å². The van der Waals surface area contributed by atoms with Gasteiger partial charge in [-0.2, -0.15) is 0 Å². The van der Waals surface area contributed by atoms with E-state index < -0.39 is 12.8 Å². The molecule has 1 aliphatic rings. The molecule has 0 spiro atoms. The average Bonchev–Trinajstić information content (AvgIpc) is 2.17. The van der Waals surface area contributed by atoms with Gasteiger partial charge in [0.1, 0.15) is 6.17 Å². The summed E-state index contributed by atoms with van der Waals surface area (Å²) in [6, 6.07) is 0. The first-order valence-corrected chi connectivity index (χ1v) is 4.69. The van der Waals surface area contributed by atoms with Gasteiger partial charge in [-0.25, -0.2) is 4.39 Å². The molecular weight excluding hydrogens is 155 g/mol. The first kappa shape index (κ1) is 9.72. The predicted octanol–water partition coefficient (Wildman–Crippen LogP) is 2.45. The van der Waals surface area contributed by atoms with Crippen molar-refractivity contribution < 1.29 is 9.50 Å². The highest BCUT2D eigenvalue weighted by Gasteiger charge is 2.21. The van der Waals surface area contributed by atoms with E-state index in [1.54, 1.807) is 0 Å². The Morgan fingerprint density at radius 3 is 2.50 bits per heavy atom. The standard InChI is InChI=1S/C10H17FO/c1-8(10(11)7-12)9-5-3-2-4-6-9/h9-10,12H,1-7H2/t10-/m1/s1. The number of alkyl halides is 1. The van der Waals surface area contributed by atoms with Gasteiger partial charge in [-0.3, -0.25) is 0 Å². The second kappa shape index (κ2) is 4.61. The van der Waals surface area contributed by atoms with E-state index in [0.717, 1.165) is 12.8 Å². The maximum Gasteiger partial charge on any atom is 0.144 e. The van der Waals surface area contributed by atoms with E-state index in [0.29, 0.717) is 11.5 Å². The number of aliphatic hydroxyl groups is 1. The van der Waals surface area contributed by atoms with Gasteiger partial charge in [-0.15, -0.1) is 0 Å². The molecule has 1 aliphatic carbocycles. The number of rotatable bonds is 3. The van der Waals surface area contributed by atoms with Crippen LogP contribution in [0.15, 0.2) is 12.2 Å². The van der Waals surface area contributed by atoms with Crippen molar-refractivity contribution in [3.05, 3.63) is 12.2 Å². The zero-order valence-electron chi connectivity index (χ0n) is 7.43. The summed E-state index contributed by atoms with van der Waals surface area (Å²) >= 11 is 0. The van der Waals surface area contributed by atoms with Crippen LogP contribution in [-0.4, -0.2) is 17.9 Å². The van der Waals surface area contributed by atoms with Crippen LogP contribution in [0, 0.1) is 5.92 Å². The molecule has 0 aliphatic heterocycles. The minimum atomic E-state index is -1.20. The number of hydrogen-bond acceptors (Lipinski definition) is 1. The van der Waals surface area contributed by atoms with E-state index in [1.807, 2.05) is 0 Å². The maximum atomic E-state index is 13.0. The Morgan fingerprint density at radius 2 is 2.00 bits per heavy atom. The summed E-state index contributed by atoms with van der Waals surface area (Å²) in [4.78, 5) is 0. The van der Waals surface area contributed by atoms with Crippen molar-refractivity contribution in [3.63, 3.8) is 0 Å². The minimum Gasteiger partial charge on any atom is -0.393 e. The van der Waals surface area contributed by atoms with E-state index in [9.17, 15) is 4.39 Å². The molecule has 0 amide bonds. The topological polar surface area (TPSA) is 20.2 Å². The van der Waals surface area contributed by atoms with Crippen LogP contribution in [0.4, 0.5) is 4.39 Å². The highest BCUT2D eigenvalue weighted by molar-refractivity contribution is 5.07. The van der Waals surface area contributed by atoms with E-state index in [-0.39, 0.29) is 0 Å². The predicted molar refractivity (Wildman–Crippen MR) is 47.7 cm³/mol. The van der Waals surface area contributed by atoms with Crippen LogP contribution < -0.4 is 0 Å². The molecule has 1 saturated carbocycles. The van der Waals surface area contributed by atoms with Gasteiger partial charge in [0, 0.05) is 0 Å². The zero-order valence-corrected chi connectivity index (χ0v) is 7.43. The fourth-order valence-corrected chi connectivity index (χ4v) is 1.85. The van der Waals surface area contributed by atoms with E-state index in [4.69, 9.17) is 5.11 Å². The molecular formula is C10H17FO. The van der Waals surface area contributed by atoms with Crippen LogP contribution >= 0.6 is 0 Å². The zero-order chi connectivity index (χ0) is 8.97. The molecule has 1 atom stereocenters. The number of halogens is 1. The Morgan fingerprint density at radius 1 is 1.42 bits per heavy atom. The third-order valence-electron chi connectivity index (χ3n) is 2.69. The Balaban J connectivity index is 2.39. The fourth-order valence-electron chi connectivity index (χ4n) is 1.85. The maximum absolute atomic E-state index is 13.0. The molecule has 0 heterocycles. The van der Waals surface area contributed by atoms with Crippen molar-refractivity contribution in [1.82, 2.24) is 0 Å². The fraction of sp³-hybridized carbons (Fsp3) is 0.800. The van der Waals surface area contributed by atoms with Crippen LogP contribution in [0.3, 0.4) is 0 Å². The van der Waals surface area contributed by atoms with Gasteiger partial charge in [-0.05, 0) is 24.3 Å². The first-order valence-electron chi connectivity index (χ1n) is 4.69. The van der Waals surface area contributed by atoms with Crippen molar-refractivity contribution in [2.75, 3.05) is 6.61 Å². The minimum absolute atomic E-state index is 0.320. The van der Waals surface area contributed by atoms with Crippen molar-refractivity contribution in [1.29, 1.82) is 0 Å². The van der Waals surface area contributed by atoms with Crippen LogP contribution in [0.2, 0.25) is 0 Å². The molecule has 1 fully saturated rings. The van der Waals surface area contributed by atoms with Crippen molar-refractivity contribution >= 4 is 0 Å². The Kier molecular flexibility index (Phi) is 3.73. The molecule has 2 heteroatoms. The van der Waals surface area contributed by atoms with Crippen LogP contribution in [0.5, 0.6) is 0 Å². The Bertz CT molecular complexity index is 150. The van der Waals surface area contributed by atoms with Gasteiger partial charge in [-0.1, -0.05) is 25.8 Å². The second-order valence-corrected chi connectivity index (χ2v) is 3.56.